The highest BCUT2D eigenvalue weighted by molar-refractivity contribution is 9.10. The molecule has 0 aliphatic carbocycles. The van der Waals surface area contributed by atoms with Crippen molar-refractivity contribution in [2.75, 3.05) is 11.6 Å². The van der Waals surface area contributed by atoms with Gasteiger partial charge in [-0.15, -0.1) is 11.8 Å². The molecular formula is C17H15BrN2S. The second kappa shape index (κ2) is 6.50. The number of hydrogen-bond acceptors (Lipinski definition) is 3. The molecule has 2 nitrogen and oxygen atoms in total. The van der Waals surface area contributed by atoms with E-state index in [0.29, 0.717) is 0 Å². The van der Waals surface area contributed by atoms with Crippen molar-refractivity contribution in [1.82, 2.24) is 4.98 Å². The van der Waals surface area contributed by atoms with Crippen LogP contribution in [0.4, 0.5) is 5.69 Å². The number of para-hydroxylation sites is 1. The van der Waals surface area contributed by atoms with Crippen LogP contribution in [0.2, 0.25) is 0 Å². The summed E-state index contributed by atoms with van der Waals surface area (Å²) in [6, 6.07) is 16.6. The lowest BCUT2D eigenvalue weighted by atomic mass is 10.1. The van der Waals surface area contributed by atoms with Gasteiger partial charge in [0.15, 0.2) is 0 Å². The van der Waals surface area contributed by atoms with E-state index in [0.717, 1.165) is 27.6 Å². The maximum Gasteiger partial charge on any atom is 0.0763 e. The van der Waals surface area contributed by atoms with Gasteiger partial charge in [0.2, 0.25) is 0 Å². The molecule has 0 fully saturated rings. The van der Waals surface area contributed by atoms with E-state index in [4.69, 9.17) is 0 Å². The van der Waals surface area contributed by atoms with Crippen molar-refractivity contribution >= 4 is 44.3 Å². The Morgan fingerprint density at radius 2 is 1.95 bits per heavy atom. The van der Waals surface area contributed by atoms with E-state index < -0.39 is 0 Å². The average molecular weight is 359 g/mol. The molecule has 0 saturated heterocycles. The summed E-state index contributed by atoms with van der Waals surface area (Å²) in [7, 11) is 0. The highest BCUT2D eigenvalue weighted by Gasteiger charge is 2.06. The van der Waals surface area contributed by atoms with Gasteiger partial charge >= 0.3 is 0 Å². The Balaban J connectivity index is 1.91. The molecule has 0 bridgehead atoms. The topological polar surface area (TPSA) is 24.9 Å². The summed E-state index contributed by atoms with van der Waals surface area (Å²) in [6.07, 6.45) is 3.94. The predicted octanol–water partition coefficient (Wildman–Crippen LogP) is 5.33. The summed E-state index contributed by atoms with van der Waals surface area (Å²) in [4.78, 5) is 5.78. The standard InChI is InChI=1S/C17H15BrN2S/c1-21-16-7-3-2-6-15(16)20-11-12-8-9-14(18)13-5-4-10-19-17(12)13/h2-10,20H,11H2,1H3. The number of benzene rings is 2. The average Bonchev–Trinajstić information content (AvgIpc) is 2.55. The van der Waals surface area contributed by atoms with E-state index in [2.05, 4.69) is 75.0 Å². The molecule has 0 saturated carbocycles. The molecule has 2 aromatic carbocycles. The van der Waals surface area contributed by atoms with Gasteiger partial charge in [-0.25, -0.2) is 0 Å². The summed E-state index contributed by atoms with van der Waals surface area (Å²) in [5, 5.41) is 4.66. The molecule has 0 aliphatic heterocycles. The van der Waals surface area contributed by atoms with Gasteiger partial charge in [0.1, 0.15) is 0 Å². The molecule has 0 radical (unpaired) electrons. The monoisotopic (exact) mass is 358 g/mol. The summed E-state index contributed by atoms with van der Waals surface area (Å²) in [6.45, 7) is 0.762. The molecule has 3 rings (SSSR count). The van der Waals surface area contributed by atoms with E-state index in [1.807, 2.05) is 12.3 Å². The van der Waals surface area contributed by atoms with Gasteiger partial charge in [0.05, 0.1) is 5.52 Å². The van der Waals surface area contributed by atoms with Gasteiger partial charge in [0, 0.05) is 33.2 Å². The Morgan fingerprint density at radius 3 is 2.81 bits per heavy atom. The first-order valence-corrected chi connectivity index (χ1v) is 8.70. The minimum atomic E-state index is 0.762. The summed E-state index contributed by atoms with van der Waals surface area (Å²) < 4.78 is 1.08. The third-order valence-electron chi connectivity index (χ3n) is 3.38. The Bertz CT molecular complexity index is 774. The van der Waals surface area contributed by atoms with Crippen LogP contribution in [0.15, 0.2) is 64.1 Å². The molecule has 0 spiro atoms. The normalized spacial score (nSPS) is 10.8. The zero-order valence-electron chi connectivity index (χ0n) is 11.6. The van der Waals surface area contributed by atoms with Gasteiger partial charge in [-0.05, 0) is 36.1 Å². The quantitative estimate of drug-likeness (QED) is 0.637. The zero-order chi connectivity index (χ0) is 14.7. The number of nitrogens with zero attached hydrogens (tertiary/aromatic N) is 1. The number of fused-ring (bicyclic) bond motifs is 1. The van der Waals surface area contributed by atoms with Crippen LogP contribution < -0.4 is 5.32 Å². The number of hydrogen-bond donors (Lipinski definition) is 1. The first-order chi connectivity index (χ1) is 10.3. The molecule has 4 heteroatoms. The van der Waals surface area contributed by atoms with Crippen LogP contribution in [0.3, 0.4) is 0 Å². The highest BCUT2D eigenvalue weighted by atomic mass is 79.9. The lowest BCUT2D eigenvalue weighted by Crippen LogP contribution is -2.02. The molecule has 1 heterocycles. The number of anilines is 1. The molecule has 1 N–H and O–H groups in total. The third kappa shape index (κ3) is 3.06. The van der Waals surface area contributed by atoms with Crippen molar-refractivity contribution in [3.8, 4) is 0 Å². The van der Waals surface area contributed by atoms with Crippen LogP contribution in [-0.4, -0.2) is 11.2 Å². The van der Waals surface area contributed by atoms with E-state index >= 15 is 0 Å². The van der Waals surface area contributed by atoms with Crippen LogP contribution >= 0.6 is 27.7 Å². The Kier molecular flexibility index (Phi) is 4.46. The predicted molar refractivity (Wildman–Crippen MR) is 95.0 cm³/mol. The maximum atomic E-state index is 4.52. The second-order valence-electron chi connectivity index (χ2n) is 4.66. The van der Waals surface area contributed by atoms with Crippen molar-refractivity contribution in [1.29, 1.82) is 0 Å². The molecule has 21 heavy (non-hydrogen) atoms. The fourth-order valence-corrected chi connectivity index (χ4v) is 3.35. The number of pyridine rings is 1. The molecule has 106 valence electrons. The molecule has 0 aliphatic rings. The van der Waals surface area contributed by atoms with E-state index in [1.165, 1.54) is 10.5 Å². The summed E-state index contributed by atoms with van der Waals surface area (Å²) in [5.41, 5.74) is 3.41. The third-order valence-corrected chi connectivity index (χ3v) is 4.86. The van der Waals surface area contributed by atoms with Crippen LogP contribution in [0, 0.1) is 0 Å². The largest absolute Gasteiger partial charge is 0.380 e. The second-order valence-corrected chi connectivity index (χ2v) is 6.36. The minimum Gasteiger partial charge on any atom is -0.380 e. The molecule has 3 aromatic rings. The fourth-order valence-electron chi connectivity index (χ4n) is 2.32. The number of rotatable bonds is 4. The summed E-state index contributed by atoms with van der Waals surface area (Å²) in [5.74, 6) is 0. The number of halogens is 1. The van der Waals surface area contributed by atoms with E-state index in [1.54, 1.807) is 11.8 Å². The molecule has 0 atom stereocenters. The van der Waals surface area contributed by atoms with Gasteiger partial charge in [-0.2, -0.15) is 0 Å². The Morgan fingerprint density at radius 1 is 1.10 bits per heavy atom. The smallest absolute Gasteiger partial charge is 0.0763 e. The van der Waals surface area contributed by atoms with Crippen LogP contribution in [0.1, 0.15) is 5.56 Å². The SMILES string of the molecule is CSc1ccccc1NCc1ccc(Br)c2cccnc12. The van der Waals surface area contributed by atoms with Crippen LogP contribution in [0.25, 0.3) is 10.9 Å². The maximum absolute atomic E-state index is 4.52. The van der Waals surface area contributed by atoms with Crippen LogP contribution in [-0.2, 0) is 6.54 Å². The number of thioether (sulfide) groups is 1. The van der Waals surface area contributed by atoms with Gasteiger partial charge in [0.25, 0.3) is 0 Å². The molecule has 1 aromatic heterocycles. The van der Waals surface area contributed by atoms with Crippen molar-refractivity contribution in [2.24, 2.45) is 0 Å². The van der Waals surface area contributed by atoms with Crippen molar-refractivity contribution in [2.45, 2.75) is 11.4 Å². The number of aromatic nitrogens is 1. The molecule has 0 unspecified atom stereocenters. The van der Waals surface area contributed by atoms with Crippen molar-refractivity contribution in [3.05, 3.63) is 64.8 Å². The van der Waals surface area contributed by atoms with Crippen LogP contribution in [0.5, 0.6) is 0 Å². The van der Waals surface area contributed by atoms with Gasteiger partial charge in [-0.1, -0.05) is 40.2 Å². The van der Waals surface area contributed by atoms with Crippen molar-refractivity contribution < 1.29 is 0 Å². The Labute approximate surface area is 137 Å². The number of nitrogens with one attached hydrogen (secondary N) is 1. The highest BCUT2D eigenvalue weighted by Crippen LogP contribution is 2.28. The fraction of sp³-hybridized carbons (Fsp3) is 0.118. The minimum absolute atomic E-state index is 0.762. The van der Waals surface area contributed by atoms with Gasteiger partial charge in [-0.3, -0.25) is 4.98 Å². The lowest BCUT2D eigenvalue weighted by Gasteiger charge is -2.12. The molecular weight excluding hydrogens is 344 g/mol. The summed E-state index contributed by atoms with van der Waals surface area (Å²) >= 11 is 5.34. The first-order valence-electron chi connectivity index (χ1n) is 6.68. The zero-order valence-corrected chi connectivity index (χ0v) is 14.0. The van der Waals surface area contributed by atoms with Gasteiger partial charge < -0.3 is 5.32 Å². The molecule has 0 amide bonds. The van der Waals surface area contributed by atoms with E-state index in [9.17, 15) is 0 Å². The van der Waals surface area contributed by atoms with E-state index in [-0.39, 0.29) is 0 Å². The lowest BCUT2D eigenvalue weighted by molar-refractivity contribution is 1.13. The Hall–Kier alpha value is -1.52. The first kappa shape index (κ1) is 14.4. The van der Waals surface area contributed by atoms with Crippen molar-refractivity contribution in [3.63, 3.8) is 0 Å².